The number of allylic oxidation sites excluding steroid dienone is 3. The van der Waals surface area contributed by atoms with Crippen LogP contribution in [0, 0.1) is 11.3 Å². The summed E-state index contributed by atoms with van der Waals surface area (Å²) in [5, 5.41) is 19.2. The second-order valence-corrected chi connectivity index (χ2v) is 10.3. The summed E-state index contributed by atoms with van der Waals surface area (Å²) in [4.78, 5) is 14.9. The van der Waals surface area contributed by atoms with E-state index < -0.39 is 5.92 Å². The van der Waals surface area contributed by atoms with E-state index in [1.165, 1.54) is 11.3 Å². The van der Waals surface area contributed by atoms with Crippen molar-refractivity contribution < 1.29 is 4.79 Å². The number of nitrogens with two attached hydrogens (primary N) is 1. The van der Waals surface area contributed by atoms with Gasteiger partial charge in [-0.25, -0.2) is 0 Å². The van der Waals surface area contributed by atoms with E-state index in [1.807, 2.05) is 24.3 Å². The SMILES string of the molecule is CCCSc1nnc(N2C(N)=C(C#N)C(c3ccc(Br)cc3)C3=C2CCCC3=O)s1. The number of thioether (sulfide) groups is 1. The van der Waals surface area contributed by atoms with Crippen molar-refractivity contribution in [1.82, 2.24) is 10.2 Å². The average molecular weight is 502 g/mol. The number of halogens is 1. The zero-order valence-corrected chi connectivity index (χ0v) is 19.6. The molecule has 4 rings (SSSR count). The highest BCUT2D eigenvalue weighted by atomic mass is 79.9. The topological polar surface area (TPSA) is 95.9 Å². The molecule has 0 fully saturated rings. The summed E-state index contributed by atoms with van der Waals surface area (Å²) in [6.45, 7) is 2.12. The molecule has 0 saturated heterocycles. The van der Waals surface area contributed by atoms with Crippen LogP contribution in [0.15, 0.2) is 55.7 Å². The van der Waals surface area contributed by atoms with Gasteiger partial charge < -0.3 is 5.73 Å². The largest absolute Gasteiger partial charge is 0.384 e. The van der Waals surface area contributed by atoms with Crippen LogP contribution in [0.1, 0.15) is 44.1 Å². The van der Waals surface area contributed by atoms with Crippen molar-refractivity contribution in [2.75, 3.05) is 10.7 Å². The van der Waals surface area contributed by atoms with Gasteiger partial charge in [-0.1, -0.05) is 58.1 Å². The Balaban J connectivity index is 1.85. The molecule has 1 aliphatic heterocycles. The number of hydrogen-bond donors (Lipinski definition) is 1. The number of hydrogen-bond acceptors (Lipinski definition) is 8. The first-order valence-corrected chi connectivity index (χ1v) is 12.3. The van der Waals surface area contributed by atoms with Crippen LogP contribution in [-0.2, 0) is 4.79 Å². The molecule has 2 aliphatic rings. The Morgan fingerprint density at radius 2 is 2.10 bits per heavy atom. The quantitative estimate of drug-likeness (QED) is 0.568. The zero-order chi connectivity index (χ0) is 21.3. The van der Waals surface area contributed by atoms with E-state index in [-0.39, 0.29) is 5.78 Å². The van der Waals surface area contributed by atoms with Crippen LogP contribution in [-0.4, -0.2) is 21.7 Å². The number of anilines is 1. The number of aromatic nitrogens is 2. The summed E-state index contributed by atoms with van der Waals surface area (Å²) in [6, 6.07) is 9.99. The smallest absolute Gasteiger partial charge is 0.219 e. The lowest BCUT2D eigenvalue weighted by Gasteiger charge is -2.38. The standard InChI is InChI=1S/C21H20BrN5OS2/c1-2-10-29-21-26-25-20(30-21)27-15-4-3-5-16(28)18(15)17(14(11-23)19(27)24)12-6-8-13(22)9-7-12/h6-9,17H,2-5,10,24H2,1H3. The van der Waals surface area contributed by atoms with Crippen LogP contribution in [0.5, 0.6) is 0 Å². The highest BCUT2D eigenvalue weighted by Crippen LogP contribution is 2.47. The van der Waals surface area contributed by atoms with Gasteiger partial charge in [-0.2, -0.15) is 5.26 Å². The Morgan fingerprint density at radius 3 is 2.80 bits per heavy atom. The fourth-order valence-corrected chi connectivity index (χ4v) is 5.90. The number of rotatable bonds is 5. The fourth-order valence-electron chi connectivity index (χ4n) is 3.83. The normalized spacial score (nSPS) is 19.2. The fraction of sp³-hybridized carbons (Fsp3) is 0.333. The van der Waals surface area contributed by atoms with E-state index in [0.717, 1.165) is 38.7 Å². The summed E-state index contributed by atoms with van der Waals surface area (Å²) in [5.41, 5.74) is 9.32. The highest BCUT2D eigenvalue weighted by molar-refractivity contribution is 9.10. The van der Waals surface area contributed by atoms with Crippen molar-refractivity contribution in [2.45, 2.75) is 42.9 Å². The van der Waals surface area contributed by atoms with E-state index >= 15 is 0 Å². The average Bonchev–Trinajstić information content (AvgIpc) is 3.20. The molecule has 2 aromatic rings. The van der Waals surface area contributed by atoms with Crippen LogP contribution >= 0.6 is 39.0 Å². The maximum atomic E-state index is 13.1. The maximum Gasteiger partial charge on any atom is 0.219 e. The third-order valence-corrected chi connectivity index (χ3v) is 7.91. The second kappa shape index (κ2) is 8.92. The zero-order valence-electron chi connectivity index (χ0n) is 16.4. The third-order valence-electron chi connectivity index (χ3n) is 5.13. The van der Waals surface area contributed by atoms with Crippen LogP contribution in [0.2, 0.25) is 0 Å². The first-order valence-electron chi connectivity index (χ1n) is 9.73. The Hall–Kier alpha value is -2.15. The Morgan fingerprint density at radius 1 is 1.33 bits per heavy atom. The minimum Gasteiger partial charge on any atom is -0.384 e. The van der Waals surface area contributed by atoms with Crippen molar-refractivity contribution in [3.63, 3.8) is 0 Å². The highest BCUT2D eigenvalue weighted by Gasteiger charge is 2.41. The van der Waals surface area contributed by atoms with Crippen LogP contribution in [0.25, 0.3) is 0 Å². The first-order chi connectivity index (χ1) is 14.5. The van der Waals surface area contributed by atoms with E-state index in [0.29, 0.717) is 34.9 Å². The molecule has 1 aromatic carbocycles. The minimum absolute atomic E-state index is 0.0690. The summed E-state index contributed by atoms with van der Waals surface area (Å²) in [7, 11) is 0. The number of Topliss-reactive ketones (excluding diaryl/α,β-unsaturated/α-hetero) is 1. The molecule has 9 heteroatoms. The van der Waals surface area contributed by atoms with Gasteiger partial charge in [0.05, 0.1) is 17.6 Å². The predicted octanol–water partition coefficient (Wildman–Crippen LogP) is 5.11. The molecule has 1 aliphatic carbocycles. The molecule has 0 spiro atoms. The van der Waals surface area contributed by atoms with Gasteiger partial charge in [-0.05, 0) is 37.0 Å². The lowest BCUT2D eigenvalue weighted by Crippen LogP contribution is -2.38. The lowest BCUT2D eigenvalue weighted by atomic mass is 9.76. The molecule has 30 heavy (non-hydrogen) atoms. The van der Waals surface area contributed by atoms with Gasteiger partial charge in [-0.15, -0.1) is 10.2 Å². The van der Waals surface area contributed by atoms with Crippen molar-refractivity contribution in [3.05, 3.63) is 57.0 Å². The maximum absolute atomic E-state index is 13.1. The molecule has 0 saturated carbocycles. The molecule has 2 N–H and O–H groups in total. The van der Waals surface area contributed by atoms with E-state index in [9.17, 15) is 10.1 Å². The van der Waals surface area contributed by atoms with Crippen molar-refractivity contribution in [2.24, 2.45) is 5.73 Å². The van der Waals surface area contributed by atoms with Gasteiger partial charge in [-0.3, -0.25) is 9.69 Å². The Kier molecular flexibility index (Phi) is 6.27. The molecule has 1 aromatic heterocycles. The molecular formula is C21H20BrN5OS2. The number of benzene rings is 1. The molecule has 1 atom stereocenters. The number of ketones is 1. The minimum atomic E-state index is -0.455. The molecule has 0 radical (unpaired) electrons. The van der Waals surface area contributed by atoms with Gasteiger partial charge in [0.1, 0.15) is 5.82 Å². The number of nitrogens with zero attached hydrogens (tertiary/aromatic N) is 4. The summed E-state index contributed by atoms with van der Waals surface area (Å²) in [6.07, 6.45) is 2.99. The molecule has 2 heterocycles. The van der Waals surface area contributed by atoms with E-state index in [4.69, 9.17) is 5.73 Å². The van der Waals surface area contributed by atoms with Gasteiger partial charge in [0.25, 0.3) is 0 Å². The molecule has 154 valence electrons. The van der Waals surface area contributed by atoms with E-state index in [1.54, 1.807) is 16.7 Å². The molecule has 1 unspecified atom stereocenters. The lowest BCUT2D eigenvalue weighted by molar-refractivity contribution is -0.116. The summed E-state index contributed by atoms with van der Waals surface area (Å²) < 4.78 is 1.80. The second-order valence-electron chi connectivity index (χ2n) is 7.07. The van der Waals surface area contributed by atoms with Crippen LogP contribution in [0.3, 0.4) is 0 Å². The first kappa shape index (κ1) is 21.1. The molecule has 6 nitrogen and oxygen atoms in total. The Bertz CT molecular complexity index is 1080. The van der Waals surface area contributed by atoms with Gasteiger partial charge in [0.2, 0.25) is 5.13 Å². The molecule has 0 amide bonds. The van der Waals surface area contributed by atoms with Gasteiger partial charge in [0.15, 0.2) is 10.1 Å². The van der Waals surface area contributed by atoms with Crippen molar-refractivity contribution >= 4 is 49.9 Å². The van der Waals surface area contributed by atoms with Crippen LogP contribution in [0.4, 0.5) is 5.13 Å². The van der Waals surface area contributed by atoms with Gasteiger partial charge >= 0.3 is 0 Å². The van der Waals surface area contributed by atoms with Crippen LogP contribution < -0.4 is 10.6 Å². The summed E-state index contributed by atoms with van der Waals surface area (Å²) >= 11 is 6.54. The van der Waals surface area contributed by atoms with E-state index in [2.05, 4.69) is 39.1 Å². The molecular weight excluding hydrogens is 482 g/mol. The monoisotopic (exact) mass is 501 g/mol. The molecule has 0 bridgehead atoms. The Labute approximate surface area is 192 Å². The third kappa shape index (κ3) is 3.80. The van der Waals surface area contributed by atoms with Crippen molar-refractivity contribution in [3.8, 4) is 6.07 Å². The number of carbonyl (C=O) groups excluding carboxylic acids is 1. The number of carbonyl (C=O) groups is 1. The predicted molar refractivity (Wildman–Crippen MR) is 123 cm³/mol. The van der Waals surface area contributed by atoms with Crippen molar-refractivity contribution in [1.29, 1.82) is 5.26 Å². The van der Waals surface area contributed by atoms with Gasteiger partial charge in [0, 0.05) is 27.9 Å². The number of nitriles is 1. The summed E-state index contributed by atoms with van der Waals surface area (Å²) in [5.74, 6) is 0.909.